The van der Waals surface area contributed by atoms with Crippen LogP contribution in [0.4, 0.5) is 5.69 Å². The maximum Gasteiger partial charge on any atom is 0.195 e. The molecule has 1 aliphatic carbocycles. The maximum absolute atomic E-state index is 10.4. The van der Waals surface area contributed by atoms with Gasteiger partial charge in [0.05, 0.1) is 26.4 Å². The molecule has 1 aromatic rings. The second-order valence-electron chi connectivity index (χ2n) is 7.03. The zero-order valence-corrected chi connectivity index (χ0v) is 19.2. The molecule has 1 fully saturated rings. The molecule has 6 nitrogen and oxygen atoms in total. The fourth-order valence-electron chi connectivity index (χ4n) is 3.29. The van der Waals surface area contributed by atoms with Crippen molar-refractivity contribution in [2.75, 3.05) is 32.1 Å². The summed E-state index contributed by atoms with van der Waals surface area (Å²) in [6.07, 6.45) is 3.85. The highest BCUT2D eigenvalue weighted by Crippen LogP contribution is 2.36. The molecule has 2 unspecified atom stereocenters. The number of halogens is 1. The smallest absolute Gasteiger partial charge is 0.195 e. The van der Waals surface area contributed by atoms with E-state index in [0.717, 1.165) is 37.9 Å². The summed E-state index contributed by atoms with van der Waals surface area (Å²) in [7, 11) is 1.63. The van der Waals surface area contributed by atoms with E-state index in [1.165, 1.54) is 0 Å². The first kappa shape index (κ1) is 23.8. The number of anilines is 1. The van der Waals surface area contributed by atoms with Gasteiger partial charge in [-0.25, -0.2) is 0 Å². The number of aliphatic hydroxyl groups excluding tert-OH is 1. The van der Waals surface area contributed by atoms with Crippen LogP contribution in [-0.2, 0) is 0 Å². The molecule has 0 amide bonds. The van der Waals surface area contributed by atoms with Gasteiger partial charge in [-0.05, 0) is 38.8 Å². The normalized spacial score (nSPS) is 22.6. The molecule has 7 heteroatoms. The minimum Gasteiger partial charge on any atom is -0.493 e. The van der Waals surface area contributed by atoms with E-state index in [2.05, 4.69) is 17.6 Å². The van der Waals surface area contributed by atoms with Crippen molar-refractivity contribution in [1.29, 1.82) is 0 Å². The Kier molecular flexibility index (Phi) is 10.2. The number of guanidine groups is 1. The second kappa shape index (κ2) is 11.6. The Bertz CT molecular complexity index is 612. The molecular formula is C20H34IN3O3. The molecule has 0 spiro atoms. The quantitative estimate of drug-likeness (QED) is 0.305. The zero-order chi connectivity index (χ0) is 19.0. The highest BCUT2D eigenvalue weighted by atomic mass is 127. The van der Waals surface area contributed by atoms with Gasteiger partial charge in [0.1, 0.15) is 0 Å². The van der Waals surface area contributed by atoms with Crippen molar-refractivity contribution >= 4 is 35.6 Å². The average molecular weight is 491 g/mol. The first-order valence-electron chi connectivity index (χ1n) is 9.56. The van der Waals surface area contributed by atoms with Crippen LogP contribution >= 0.6 is 24.0 Å². The van der Waals surface area contributed by atoms with Gasteiger partial charge in [0.25, 0.3) is 0 Å². The third-order valence-corrected chi connectivity index (χ3v) is 4.95. The van der Waals surface area contributed by atoms with Crippen molar-refractivity contribution in [3.63, 3.8) is 0 Å². The van der Waals surface area contributed by atoms with Crippen LogP contribution in [0.5, 0.6) is 11.5 Å². The van der Waals surface area contributed by atoms with E-state index in [1.807, 2.05) is 32.0 Å². The Morgan fingerprint density at radius 3 is 2.70 bits per heavy atom. The van der Waals surface area contributed by atoms with Crippen molar-refractivity contribution < 1.29 is 14.6 Å². The molecule has 0 bridgehead atoms. The van der Waals surface area contributed by atoms with Crippen molar-refractivity contribution in [2.24, 2.45) is 10.4 Å². The third kappa shape index (κ3) is 6.71. The Labute approximate surface area is 180 Å². The van der Waals surface area contributed by atoms with Gasteiger partial charge >= 0.3 is 0 Å². The highest BCUT2D eigenvalue weighted by molar-refractivity contribution is 14.0. The predicted molar refractivity (Wildman–Crippen MR) is 122 cm³/mol. The number of rotatable bonds is 7. The number of nitrogens with zero attached hydrogens (tertiary/aromatic N) is 1. The number of methoxy groups -OCH3 is 1. The number of benzene rings is 1. The predicted octanol–water partition coefficient (Wildman–Crippen LogP) is 4.03. The molecule has 2 atom stereocenters. The molecule has 0 radical (unpaired) electrons. The number of ether oxygens (including phenoxy) is 2. The molecule has 1 aliphatic rings. The van der Waals surface area contributed by atoms with Crippen LogP contribution in [-0.4, -0.2) is 44.0 Å². The van der Waals surface area contributed by atoms with Gasteiger partial charge in [0.2, 0.25) is 0 Å². The molecule has 154 valence electrons. The fourth-order valence-corrected chi connectivity index (χ4v) is 3.29. The average Bonchev–Trinajstić information content (AvgIpc) is 2.63. The van der Waals surface area contributed by atoms with Crippen LogP contribution in [0, 0.1) is 5.41 Å². The lowest BCUT2D eigenvalue weighted by atomic mass is 9.73. The van der Waals surface area contributed by atoms with Crippen LogP contribution in [0.2, 0.25) is 0 Å². The summed E-state index contributed by atoms with van der Waals surface area (Å²) in [5, 5.41) is 17.0. The molecule has 0 saturated heterocycles. The first-order chi connectivity index (χ1) is 12.5. The molecule has 0 aliphatic heterocycles. The van der Waals surface area contributed by atoms with Gasteiger partial charge in [-0.1, -0.05) is 19.8 Å². The first-order valence-corrected chi connectivity index (χ1v) is 9.56. The number of aliphatic imine (C=N–C) groups is 1. The van der Waals surface area contributed by atoms with E-state index in [-0.39, 0.29) is 35.5 Å². The molecular weight excluding hydrogens is 457 g/mol. The fraction of sp³-hybridized carbons (Fsp3) is 0.650. The van der Waals surface area contributed by atoms with Gasteiger partial charge in [-0.2, -0.15) is 0 Å². The lowest BCUT2D eigenvalue weighted by molar-refractivity contribution is 0.00721. The SMILES string of the molecule is CCNC(=NCC1(C)CCCCC1O)Nc1ccc(OC)c(OCC)c1.I. The van der Waals surface area contributed by atoms with Gasteiger partial charge in [0, 0.05) is 23.7 Å². The van der Waals surface area contributed by atoms with E-state index in [9.17, 15) is 5.11 Å². The lowest BCUT2D eigenvalue weighted by Crippen LogP contribution is -2.39. The highest BCUT2D eigenvalue weighted by Gasteiger charge is 2.35. The second-order valence-corrected chi connectivity index (χ2v) is 7.03. The van der Waals surface area contributed by atoms with Crippen LogP contribution < -0.4 is 20.1 Å². The van der Waals surface area contributed by atoms with E-state index < -0.39 is 0 Å². The molecule has 2 rings (SSSR count). The summed E-state index contributed by atoms with van der Waals surface area (Å²) in [5.41, 5.74) is 0.722. The number of hydrogen-bond acceptors (Lipinski definition) is 4. The summed E-state index contributed by atoms with van der Waals surface area (Å²) in [4.78, 5) is 4.74. The van der Waals surface area contributed by atoms with E-state index in [0.29, 0.717) is 30.6 Å². The van der Waals surface area contributed by atoms with Crippen LogP contribution in [0.15, 0.2) is 23.2 Å². The molecule has 27 heavy (non-hydrogen) atoms. The number of aliphatic hydroxyl groups is 1. The minimum atomic E-state index is -0.284. The van der Waals surface area contributed by atoms with Gasteiger partial charge < -0.3 is 25.2 Å². The summed E-state index contributed by atoms with van der Waals surface area (Å²) >= 11 is 0. The van der Waals surface area contributed by atoms with Gasteiger partial charge in [-0.3, -0.25) is 4.99 Å². The van der Waals surface area contributed by atoms with Crippen molar-refractivity contribution in [3.8, 4) is 11.5 Å². The Balaban J connectivity index is 0.00000364. The van der Waals surface area contributed by atoms with E-state index >= 15 is 0 Å². The monoisotopic (exact) mass is 491 g/mol. The van der Waals surface area contributed by atoms with Crippen molar-refractivity contribution in [3.05, 3.63) is 18.2 Å². The molecule has 1 aromatic carbocycles. The van der Waals surface area contributed by atoms with Crippen molar-refractivity contribution in [2.45, 2.75) is 52.6 Å². The van der Waals surface area contributed by atoms with Crippen molar-refractivity contribution in [1.82, 2.24) is 5.32 Å². The topological polar surface area (TPSA) is 75.1 Å². The van der Waals surface area contributed by atoms with Crippen LogP contribution in [0.3, 0.4) is 0 Å². The number of nitrogens with one attached hydrogen (secondary N) is 2. The van der Waals surface area contributed by atoms with Crippen LogP contribution in [0.25, 0.3) is 0 Å². The van der Waals surface area contributed by atoms with E-state index in [4.69, 9.17) is 14.5 Å². The summed E-state index contributed by atoms with van der Waals surface area (Å²) in [5.74, 6) is 2.11. The lowest BCUT2D eigenvalue weighted by Gasteiger charge is -2.37. The van der Waals surface area contributed by atoms with E-state index in [1.54, 1.807) is 7.11 Å². The minimum absolute atomic E-state index is 0. The Morgan fingerprint density at radius 2 is 2.07 bits per heavy atom. The third-order valence-electron chi connectivity index (χ3n) is 4.95. The largest absolute Gasteiger partial charge is 0.493 e. The summed E-state index contributed by atoms with van der Waals surface area (Å²) < 4.78 is 11.0. The van der Waals surface area contributed by atoms with Crippen LogP contribution in [0.1, 0.15) is 46.5 Å². The standard InChI is InChI=1S/C20H33N3O3.HI/c1-5-21-19(22-14-20(3)12-8-7-9-18(20)24)23-15-10-11-16(25-4)17(13-15)26-6-2;/h10-11,13,18,24H,5-9,12,14H2,1-4H3,(H2,21,22,23);1H. The Morgan fingerprint density at radius 1 is 1.30 bits per heavy atom. The summed E-state index contributed by atoms with van der Waals surface area (Å²) in [6.45, 7) is 8.04. The van der Waals surface area contributed by atoms with Gasteiger partial charge in [-0.15, -0.1) is 24.0 Å². The molecule has 3 N–H and O–H groups in total. The summed E-state index contributed by atoms with van der Waals surface area (Å²) in [6, 6.07) is 5.72. The maximum atomic E-state index is 10.4. The van der Waals surface area contributed by atoms with Gasteiger partial charge in [0.15, 0.2) is 17.5 Å². The molecule has 0 heterocycles. The Hall–Kier alpha value is -1.22. The number of hydrogen-bond donors (Lipinski definition) is 3. The zero-order valence-electron chi connectivity index (χ0n) is 16.9. The molecule has 1 saturated carbocycles. The molecule has 0 aromatic heterocycles.